The number of amides is 1. The zero-order valence-corrected chi connectivity index (χ0v) is 10.1. The number of carbonyl (C=O) groups is 1. The van der Waals surface area contributed by atoms with Gasteiger partial charge in [-0.3, -0.25) is 9.78 Å². The molecule has 1 unspecified atom stereocenters. The van der Waals surface area contributed by atoms with Crippen LogP contribution in [0.4, 0.5) is 4.39 Å². The average molecular weight is 260 g/mol. The molecule has 1 amide bonds. The smallest absolute Gasteiger partial charge is 0.251 e. The predicted molar refractivity (Wildman–Crippen MR) is 67.9 cm³/mol. The quantitative estimate of drug-likeness (QED) is 0.879. The fourth-order valence-corrected chi connectivity index (χ4v) is 1.65. The van der Waals surface area contributed by atoms with E-state index >= 15 is 0 Å². The van der Waals surface area contributed by atoms with Crippen LogP contribution in [0.15, 0.2) is 48.8 Å². The molecule has 0 aliphatic carbocycles. The summed E-state index contributed by atoms with van der Waals surface area (Å²) >= 11 is 0. The van der Waals surface area contributed by atoms with Crippen molar-refractivity contribution in [1.29, 1.82) is 0 Å². The van der Waals surface area contributed by atoms with Gasteiger partial charge in [-0.2, -0.15) is 0 Å². The van der Waals surface area contributed by atoms with Crippen molar-refractivity contribution in [1.82, 2.24) is 10.3 Å². The molecule has 98 valence electrons. The van der Waals surface area contributed by atoms with Gasteiger partial charge in [0.2, 0.25) is 0 Å². The molecule has 0 saturated heterocycles. The Hall–Kier alpha value is -2.27. The van der Waals surface area contributed by atoms with E-state index < -0.39 is 11.9 Å². The minimum atomic E-state index is -1.08. The van der Waals surface area contributed by atoms with E-state index in [4.69, 9.17) is 0 Å². The summed E-state index contributed by atoms with van der Waals surface area (Å²) in [6, 6.07) is 9.05. The molecule has 0 aliphatic heterocycles. The van der Waals surface area contributed by atoms with Crippen LogP contribution < -0.4 is 5.32 Å². The summed E-state index contributed by atoms with van der Waals surface area (Å²) in [5.41, 5.74) is 0.605. The van der Waals surface area contributed by atoms with E-state index in [0.29, 0.717) is 5.56 Å². The second-order valence-electron chi connectivity index (χ2n) is 3.98. The third-order valence-corrected chi connectivity index (χ3v) is 2.66. The minimum absolute atomic E-state index is 0.0535. The predicted octanol–water partition coefficient (Wildman–Crippen LogP) is 1.68. The summed E-state index contributed by atoms with van der Waals surface area (Å²) in [7, 11) is 0. The summed E-state index contributed by atoms with van der Waals surface area (Å²) in [6.07, 6.45) is 1.93. The number of hydrogen-bond acceptors (Lipinski definition) is 3. The van der Waals surface area contributed by atoms with Gasteiger partial charge < -0.3 is 10.4 Å². The first kappa shape index (κ1) is 13.2. The lowest BCUT2D eigenvalue weighted by molar-refractivity contribution is 0.0914. The number of halogens is 1. The van der Waals surface area contributed by atoms with Crippen LogP contribution in [0.1, 0.15) is 22.0 Å². The van der Waals surface area contributed by atoms with E-state index in [2.05, 4.69) is 10.3 Å². The Bertz CT molecular complexity index is 560. The molecular weight excluding hydrogens is 247 g/mol. The molecule has 1 heterocycles. The van der Waals surface area contributed by atoms with Crippen LogP contribution >= 0.6 is 0 Å². The van der Waals surface area contributed by atoms with Crippen LogP contribution in [-0.4, -0.2) is 22.5 Å². The van der Waals surface area contributed by atoms with Gasteiger partial charge in [0.25, 0.3) is 5.91 Å². The van der Waals surface area contributed by atoms with Gasteiger partial charge in [0.1, 0.15) is 5.82 Å². The number of nitrogens with zero attached hydrogens (tertiary/aromatic N) is 1. The van der Waals surface area contributed by atoms with Crippen molar-refractivity contribution in [3.05, 3.63) is 65.7 Å². The maximum atomic E-state index is 13.4. The number of aromatic nitrogens is 1. The van der Waals surface area contributed by atoms with Crippen LogP contribution in [0, 0.1) is 5.82 Å². The van der Waals surface area contributed by atoms with E-state index in [1.54, 1.807) is 24.3 Å². The van der Waals surface area contributed by atoms with Gasteiger partial charge in [0.05, 0.1) is 6.10 Å². The standard InChI is InChI=1S/C14H13FN2O2/c15-12-4-2-1-3-11(12)13(18)9-17-14(19)10-5-7-16-8-6-10/h1-8,13,18H,9H2,(H,17,19). The Kier molecular flexibility index (Phi) is 4.20. The molecule has 0 fully saturated rings. The molecule has 2 rings (SSSR count). The third-order valence-electron chi connectivity index (χ3n) is 2.66. The van der Waals surface area contributed by atoms with Gasteiger partial charge in [-0.15, -0.1) is 0 Å². The Morgan fingerprint density at radius 1 is 1.26 bits per heavy atom. The highest BCUT2D eigenvalue weighted by Crippen LogP contribution is 2.15. The van der Waals surface area contributed by atoms with Gasteiger partial charge in [-0.25, -0.2) is 4.39 Å². The normalized spacial score (nSPS) is 11.9. The maximum Gasteiger partial charge on any atom is 0.251 e. The zero-order valence-electron chi connectivity index (χ0n) is 10.1. The van der Waals surface area contributed by atoms with Gasteiger partial charge in [0.15, 0.2) is 0 Å². The van der Waals surface area contributed by atoms with Crippen molar-refractivity contribution in [2.24, 2.45) is 0 Å². The number of benzene rings is 1. The van der Waals surface area contributed by atoms with Gasteiger partial charge in [-0.1, -0.05) is 18.2 Å². The van der Waals surface area contributed by atoms with Gasteiger partial charge in [0, 0.05) is 30.1 Å². The number of nitrogens with one attached hydrogen (secondary N) is 1. The SMILES string of the molecule is O=C(NCC(O)c1ccccc1F)c1ccncc1. The van der Waals surface area contributed by atoms with E-state index in [9.17, 15) is 14.3 Å². The number of hydrogen-bond donors (Lipinski definition) is 2. The van der Waals surface area contributed by atoms with E-state index in [1.807, 2.05) is 0 Å². The Morgan fingerprint density at radius 2 is 1.95 bits per heavy atom. The molecule has 5 heteroatoms. The van der Waals surface area contributed by atoms with Crippen molar-refractivity contribution in [2.75, 3.05) is 6.54 Å². The summed E-state index contributed by atoms with van der Waals surface area (Å²) < 4.78 is 13.4. The highest BCUT2D eigenvalue weighted by molar-refractivity contribution is 5.93. The monoisotopic (exact) mass is 260 g/mol. The Labute approximate surface area is 109 Å². The zero-order chi connectivity index (χ0) is 13.7. The van der Waals surface area contributed by atoms with E-state index in [1.165, 1.54) is 24.5 Å². The first-order chi connectivity index (χ1) is 9.18. The van der Waals surface area contributed by atoms with Crippen LogP contribution in [0.3, 0.4) is 0 Å². The lowest BCUT2D eigenvalue weighted by atomic mass is 10.1. The molecule has 0 saturated carbocycles. The summed E-state index contributed by atoms with van der Waals surface area (Å²) in [5.74, 6) is -0.828. The van der Waals surface area contributed by atoms with Gasteiger partial charge in [-0.05, 0) is 18.2 Å². The summed E-state index contributed by atoms with van der Waals surface area (Å²) in [6.45, 7) is -0.0535. The molecular formula is C14H13FN2O2. The number of carbonyl (C=O) groups excluding carboxylic acids is 1. The maximum absolute atomic E-state index is 13.4. The lowest BCUT2D eigenvalue weighted by Gasteiger charge is -2.12. The topological polar surface area (TPSA) is 62.2 Å². The third kappa shape index (κ3) is 3.35. The average Bonchev–Trinajstić information content (AvgIpc) is 2.46. The van der Waals surface area contributed by atoms with E-state index in [0.717, 1.165) is 0 Å². The molecule has 19 heavy (non-hydrogen) atoms. The molecule has 1 aromatic carbocycles. The summed E-state index contributed by atoms with van der Waals surface area (Å²) in [5, 5.41) is 12.4. The Balaban J connectivity index is 1.96. The molecule has 1 aromatic heterocycles. The molecule has 2 N–H and O–H groups in total. The molecule has 0 spiro atoms. The molecule has 0 bridgehead atoms. The summed E-state index contributed by atoms with van der Waals surface area (Å²) in [4.78, 5) is 15.5. The van der Waals surface area contributed by atoms with E-state index in [-0.39, 0.29) is 18.0 Å². The highest BCUT2D eigenvalue weighted by Gasteiger charge is 2.13. The second-order valence-corrected chi connectivity index (χ2v) is 3.98. The first-order valence-electron chi connectivity index (χ1n) is 5.79. The first-order valence-corrected chi connectivity index (χ1v) is 5.79. The van der Waals surface area contributed by atoms with Crippen molar-refractivity contribution in [3.8, 4) is 0 Å². The number of pyridine rings is 1. The van der Waals surface area contributed by atoms with Crippen LogP contribution in [0.25, 0.3) is 0 Å². The second kappa shape index (κ2) is 6.06. The van der Waals surface area contributed by atoms with Gasteiger partial charge >= 0.3 is 0 Å². The number of aliphatic hydroxyl groups is 1. The highest BCUT2D eigenvalue weighted by atomic mass is 19.1. The molecule has 1 atom stereocenters. The molecule has 2 aromatic rings. The van der Waals surface area contributed by atoms with Crippen molar-refractivity contribution in [3.63, 3.8) is 0 Å². The fraction of sp³-hybridized carbons (Fsp3) is 0.143. The minimum Gasteiger partial charge on any atom is -0.386 e. The lowest BCUT2D eigenvalue weighted by Crippen LogP contribution is -2.28. The molecule has 4 nitrogen and oxygen atoms in total. The van der Waals surface area contributed by atoms with Crippen molar-refractivity contribution in [2.45, 2.75) is 6.10 Å². The number of rotatable bonds is 4. The molecule has 0 aliphatic rings. The molecule has 0 radical (unpaired) electrons. The van der Waals surface area contributed by atoms with Crippen LogP contribution in [0.5, 0.6) is 0 Å². The van der Waals surface area contributed by atoms with Crippen LogP contribution in [-0.2, 0) is 0 Å². The number of aliphatic hydroxyl groups excluding tert-OH is 1. The van der Waals surface area contributed by atoms with Crippen LogP contribution in [0.2, 0.25) is 0 Å². The van der Waals surface area contributed by atoms with Crippen molar-refractivity contribution < 1.29 is 14.3 Å². The van der Waals surface area contributed by atoms with Crippen molar-refractivity contribution >= 4 is 5.91 Å². The fourth-order valence-electron chi connectivity index (χ4n) is 1.65. The largest absolute Gasteiger partial charge is 0.386 e. The Morgan fingerprint density at radius 3 is 2.63 bits per heavy atom.